The smallest absolute Gasteiger partial charge is 0.356 e. The molecule has 0 aliphatic heterocycles. The topological polar surface area (TPSA) is 93.8 Å². The zero-order chi connectivity index (χ0) is 14.8. The van der Waals surface area contributed by atoms with Gasteiger partial charge in [0.05, 0.1) is 11.4 Å². The van der Waals surface area contributed by atoms with Gasteiger partial charge in [-0.2, -0.15) is 5.10 Å². The number of aromatic carboxylic acids is 1. The molecule has 0 unspecified atom stereocenters. The Morgan fingerprint density at radius 3 is 2.67 bits per heavy atom. The van der Waals surface area contributed by atoms with Crippen LogP contribution in [0.4, 0.5) is 0 Å². The first-order valence-corrected chi connectivity index (χ1v) is 6.27. The SMILES string of the molecule is O=C(O)c1cc(-c2ccccn2)n(-c2ccc(Cl)nn2)n1. The van der Waals surface area contributed by atoms with Crippen LogP contribution in [0.3, 0.4) is 0 Å². The molecule has 3 heterocycles. The molecule has 3 aromatic heterocycles. The maximum Gasteiger partial charge on any atom is 0.356 e. The summed E-state index contributed by atoms with van der Waals surface area (Å²) in [5.74, 6) is -0.777. The summed E-state index contributed by atoms with van der Waals surface area (Å²) in [4.78, 5) is 15.3. The number of pyridine rings is 1. The Labute approximate surface area is 123 Å². The third kappa shape index (κ3) is 2.59. The molecule has 0 saturated carbocycles. The summed E-state index contributed by atoms with van der Waals surface area (Å²) in [6, 6.07) is 9.90. The Morgan fingerprint density at radius 1 is 1.19 bits per heavy atom. The van der Waals surface area contributed by atoms with Crippen molar-refractivity contribution in [1.29, 1.82) is 0 Å². The summed E-state index contributed by atoms with van der Waals surface area (Å²) in [7, 11) is 0. The van der Waals surface area contributed by atoms with Gasteiger partial charge in [0, 0.05) is 12.3 Å². The Balaban J connectivity index is 2.19. The van der Waals surface area contributed by atoms with E-state index in [4.69, 9.17) is 16.7 Å². The van der Waals surface area contributed by atoms with Crippen LogP contribution >= 0.6 is 11.6 Å². The van der Waals surface area contributed by atoms with Gasteiger partial charge in [0.25, 0.3) is 0 Å². The van der Waals surface area contributed by atoms with E-state index in [1.165, 1.54) is 10.7 Å². The van der Waals surface area contributed by atoms with Gasteiger partial charge in [-0.15, -0.1) is 10.2 Å². The van der Waals surface area contributed by atoms with Gasteiger partial charge in [-0.1, -0.05) is 17.7 Å². The second kappa shape index (κ2) is 5.29. The normalized spacial score (nSPS) is 10.5. The number of carboxylic acid groups (broad SMARTS) is 1. The van der Waals surface area contributed by atoms with Gasteiger partial charge in [0.15, 0.2) is 16.7 Å². The zero-order valence-electron chi connectivity index (χ0n) is 10.5. The largest absolute Gasteiger partial charge is 0.476 e. The minimum Gasteiger partial charge on any atom is -0.476 e. The second-order valence-corrected chi connectivity index (χ2v) is 4.45. The Morgan fingerprint density at radius 2 is 2.05 bits per heavy atom. The molecule has 0 aliphatic rings. The minimum absolute atomic E-state index is 0.104. The summed E-state index contributed by atoms with van der Waals surface area (Å²) >= 11 is 5.70. The van der Waals surface area contributed by atoms with E-state index in [1.54, 1.807) is 36.5 Å². The van der Waals surface area contributed by atoms with Crippen molar-refractivity contribution in [3.63, 3.8) is 0 Å². The fourth-order valence-electron chi connectivity index (χ4n) is 1.78. The molecule has 0 atom stereocenters. The van der Waals surface area contributed by atoms with Gasteiger partial charge in [-0.05, 0) is 24.3 Å². The third-order valence-electron chi connectivity index (χ3n) is 2.69. The number of nitrogens with zero attached hydrogens (tertiary/aromatic N) is 5. The van der Waals surface area contributed by atoms with E-state index in [2.05, 4.69) is 20.3 Å². The highest BCUT2D eigenvalue weighted by atomic mass is 35.5. The standard InChI is InChI=1S/C13H8ClN5O2/c14-11-4-5-12(17-16-11)19-10(7-9(18-19)13(20)21)8-3-1-2-6-15-8/h1-7H,(H,20,21). The molecule has 0 saturated heterocycles. The molecule has 3 aromatic rings. The maximum atomic E-state index is 11.1. The fraction of sp³-hybridized carbons (Fsp3) is 0. The van der Waals surface area contributed by atoms with Gasteiger partial charge >= 0.3 is 5.97 Å². The highest BCUT2D eigenvalue weighted by molar-refractivity contribution is 6.29. The van der Waals surface area contributed by atoms with Crippen LogP contribution in [-0.4, -0.2) is 36.0 Å². The van der Waals surface area contributed by atoms with Crippen molar-refractivity contribution in [2.24, 2.45) is 0 Å². The molecule has 0 radical (unpaired) electrons. The lowest BCUT2D eigenvalue weighted by atomic mass is 10.2. The monoisotopic (exact) mass is 301 g/mol. The van der Waals surface area contributed by atoms with Crippen molar-refractivity contribution < 1.29 is 9.90 Å². The molecule has 104 valence electrons. The molecular weight excluding hydrogens is 294 g/mol. The summed E-state index contributed by atoms with van der Waals surface area (Å²) in [6.07, 6.45) is 1.61. The lowest BCUT2D eigenvalue weighted by Crippen LogP contribution is -2.05. The average Bonchev–Trinajstić information content (AvgIpc) is 2.94. The number of hydrogen-bond donors (Lipinski definition) is 1. The van der Waals surface area contributed by atoms with E-state index in [-0.39, 0.29) is 10.8 Å². The molecular formula is C13H8ClN5O2. The Bertz CT molecular complexity index is 786. The van der Waals surface area contributed by atoms with Gasteiger partial charge in [0.1, 0.15) is 0 Å². The lowest BCUT2D eigenvalue weighted by molar-refractivity contribution is 0.0690. The van der Waals surface area contributed by atoms with Gasteiger partial charge in [-0.25, -0.2) is 9.48 Å². The van der Waals surface area contributed by atoms with Crippen molar-refractivity contribution in [1.82, 2.24) is 25.0 Å². The highest BCUT2D eigenvalue weighted by Crippen LogP contribution is 2.21. The molecule has 1 N–H and O–H groups in total. The lowest BCUT2D eigenvalue weighted by Gasteiger charge is -2.04. The summed E-state index contributed by atoms with van der Waals surface area (Å²) in [5.41, 5.74) is 0.978. The van der Waals surface area contributed by atoms with E-state index in [1.807, 2.05) is 0 Å². The molecule has 0 spiro atoms. The Hall–Kier alpha value is -2.80. The predicted molar refractivity (Wildman–Crippen MR) is 74.4 cm³/mol. The number of aromatic nitrogens is 5. The van der Waals surface area contributed by atoms with Crippen LogP contribution < -0.4 is 0 Å². The molecule has 0 amide bonds. The predicted octanol–water partition coefficient (Wildman–Crippen LogP) is 2.08. The fourth-order valence-corrected chi connectivity index (χ4v) is 1.88. The van der Waals surface area contributed by atoms with Gasteiger partial charge in [0.2, 0.25) is 0 Å². The molecule has 0 bridgehead atoms. The third-order valence-corrected chi connectivity index (χ3v) is 2.89. The first-order valence-electron chi connectivity index (χ1n) is 5.89. The van der Waals surface area contributed by atoms with Crippen LogP contribution in [0, 0.1) is 0 Å². The van der Waals surface area contributed by atoms with Gasteiger partial charge in [-0.3, -0.25) is 4.98 Å². The quantitative estimate of drug-likeness (QED) is 0.796. The molecule has 0 fully saturated rings. The van der Waals surface area contributed by atoms with E-state index in [9.17, 15) is 4.79 Å². The van der Waals surface area contributed by atoms with E-state index in [0.29, 0.717) is 17.2 Å². The molecule has 7 nitrogen and oxygen atoms in total. The van der Waals surface area contributed by atoms with E-state index >= 15 is 0 Å². The number of carbonyl (C=O) groups is 1. The minimum atomic E-state index is -1.13. The average molecular weight is 302 g/mol. The van der Waals surface area contributed by atoms with Crippen LogP contribution in [0.5, 0.6) is 0 Å². The summed E-state index contributed by atoms with van der Waals surface area (Å²) < 4.78 is 1.37. The first-order chi connectivity index (χ1) is 10.1. The van der Waals surface area contributed by atoms with Crippen molar-refractivity contribution in [2.75, 3.05) is 0 Å². The zero-order valence-corrected chi connectivity index (χ0v) is 11.3. The van der Waals surface area contributed by atoms with Crippen molar-refractivity contribution >= 4 is 17.6 Å². The molecule has 21 heavy (non-hydrogen) atoms. The van der Waals surface area contributed by atoms with Crippen LogP contribution in [0.15, 0.2) is 42.6 Å². The van der Waals surface area contributed by atoms with Crippen LogP contribution in [-0.2, 0) is 0 Å². The summed E-state index contributed by atoms with van der Waals surface area (Å²) in [5, 5.41) is 21.0. The van der Waals surface area contributed by atoms with E-state index < -0.39 is 5.97 Å². The molecule has 0 aromatic carbocycles. The molecule has 3 rings (SSSR count). The number of rotatable bonds is 3. The number of carboxylic acids is 1. The number of hydrogen-bond acceptors (Lipinski definition) is 5. The van der Waals surface area contributed by atoms with Crippen molar-refractivity contribution in [3.8, 4) is 17.2 Å². The summed E-state index contributed by atoms with van der Waals surface area (Å²) in [6.45, 7) is 0. The van der Waals surface area contributed by atoms with Crippen LogP contribution in [0.1, 0.15) is 10.5 Å². The first kappa shape index (κ1) is 13.2. The Kier molecular flexibility index (Phi) is 3.33. The van der Waals surface area contributed by atoms with Crippen molar-refractivity contribution in [3.05, 3.63) is 53.4 Å². The second-order valence-electron chi connectivity index (χ2n) is 4.06. The number of halogens is 1. The van der Waals surface area contributed by atoms with Crippen molar-refractivity contribution in [2.45, 2.75) is 0 Å². The van der Waals surface area contributed by atoms with Crippen LogP contribution in [0.25, 0.3) is 17.2 Å². The highest BCUT2D eigenvalue weighted by Gasteiger charge is 2.17. The van der Waals surface area contributed by atoms with E-state index in [0.717, 1.165) is 0 Å². The van der Waals surface area contributed by atoms with Gasteiger partial charge < -0.3 is 5.11 Å². The van der Waals surface area contributed by atoms with Crippen LogP contribution in [0.2, 0.25) is 5.15 Å². The molecule has 0 aliphatic carbocycles. The molecule has 8 heteroatoms. The maximum absolute atomic E-state index is 11.1.